The van der Waals surface area contributed by atoms with Gasteiger partial charge in [0.15, 0.2) is 0 Å². The summed E-state index contributed by atoms with van der Waals surface area (Å²) in [6.07, 6.45) is 1.54. The van der Waals surface area contributed by atoms with Gasteiger partial charge in [0.25, 0.3) is 0 Å². The van der Waals surface area contributed by atoms with Gasteiger partial charge >= 0.3 is 5.97 Å². The van der Waals surface area contributed by atoms with Crippen molar-refractivity contribution in [2.24, 2.45) is 0 Å². The summed E-state index contributed by atoms with van der Waals surface area (Å²) in [4.78, 5) is 14.0. The average molecular weight is 211 g/mol. The van der Waals surface area contributed by atoms with E-state index in [-0.39, 0.29) is 0 Å². The molecule has 0 aliphatic carbocycles. The Hall–Kier alpha value is -2.29. The summed E-state index contributed by atoms with van der Waals surface area (Å²) in [6, 6.07) is 11.7. The average Bonchev–Trinajstić information content (AvgIpc) is 2.73. The van der Waals surface area contributed by atoms with Gasteiger partial charge in [-0.2, -0.15) is 0 Å². The van der Waals surface area contributed by atoms with Gasteiger partial charge in [-0.05, 0) is 5.39 Å². The predicted molar refractivity (Wildman–Crippen MR) is 62.8 cm³/mol. The smallest absolute Gasteiger partial charge is 0.337 e. The second-order valence-corrected chi connectivity index (χ2v) is 3.72. The number of aromatic amines is 1. The third-order valence-electron chi connectivity index (χ3n) is 2.81. The van der Waals surface area contributed by atoms with Gasteiger partial charge < -0.3 is 10.1 Å². The first-order chi connectivity index (χ1) is 7.77. The number of fused-ring (bicyclic) bond motifs is 3. The Kier molecular flexibility index (Phi) is 1.74. The molecule has 0 spiro atoms. The van der Waals surface area contributed by atoms with Crippen molar-refractivity contribution in [2.45, 2.75) is 0 Å². The Labute approximate surface area is 91.3 Å². The molecule has 0 bridgehead atoms. The number of carbonyl (C=O) groups is 1. The summed E-state index contributed by atoms with van der Waals surface area (Å²) in [5, 5.41) is 11.9. The molecule has 2 N–H and O–H groups in total. The van der Waals surface area contributed by atoms with Crippen LogP contribution in [0.15, 0.2) is 42.6 Å². The SMILES string of the molecule is O=C(O)c1c[nH]c2c1ccc1ccccc12. The van der Waals surface area contributed by atoms with E-state index in [1.807, 2.05) is 36.4 Å². The van der Waals surface area contributed by atoms with Crippen LogP contribution in [0.5, 0.6) is 0 Å². The molecule has 0 aliphatic heterocycles. The molecule has 0 amide bonds. The molecule has 3 rings (SSSR count). The Bertz CT molecular complexity index is 697. The van der Waals surface area contributed by atoms with Crippen molar-refractivity contribution in [3.63, 3.8) is 0 Å². The molecular weight excluding hydrogens is 202 g/mol. The summed E-state index contributed by atoms with van der Waals surface area (Å²) < 4.78 is 0. The number of carboxylic acid groups (broad SMARTS) is 1. The highest BCUT2D eigenvalue weighted by atomic mass is 16.4. The Morgan fingerprint density at radius 1 is 1.06 bits per heavy atom. The zero-order valence-corrected chi connectivity index (χ0v) is 8.40. The fourth-order valence-electron chi connectivity index (χ4n) is 2.05. The zero-order valence-electron chi connectivity index (χ0n) is 8.40. The molecule has 0 saturated heterocycles. The fourth-order valence-corrected chi connectivity index (χ4v) is 2.05. The Morgan fingerprint density at radius 2 is 1.88 bits per heavy atom. The van der Waals surface area contributed by atoms with Crippen LogP contribution in [0.3, 0.4) is 0 Å². The van der Waals surface area contributed by atoms with Gasteiger partial charge in [-0.15, -0.1) is 0 Å². The lowest BCUT2D eigenvalue weighted by molar-refractivity contribution is 0.0699. The third-order valence-corrected chi connectivity index (χ3v) is 2.81. The molecule has 16 heavy (non-hydrogen) atoms. The minimum absolute atomic E-state index is 0.320. The summed E-state index contributed by atoms with van der Waals surface area (Å²) in [7, 11) is 0. The van der Waals surface area contributed by atoms with Gasteiger partial charge in [0.1, 0.15) is 0 Å². The van der Waals surface area contributed by atoms with E-state index in [1.54, 1.807) is 6.20 Å². The van der Waals surface area contributed by atoms with Gasteiger partial charge in [0.05, 0.1) is 11.1 Å². The molecule has 0 fully saturated rings. The largest absolute Gasteiger partial charge is 0.478 e. The Balaban J connectivity index is 2.49. The number of carboxylic acids is 1. The number of hydrogen-bond donors (Lipinski definition) is 2. The molecule has 0 unspecified atom stereocenters. The van der Waals surface area contributed by atoms with Crippen LogP contribution in [0.4, 0.5) is 0 Å². The lowest BCUT2D eigenvalue weighted by Gasteiger charge is -1.99. The third kappa shape index (κ3) is 1.11. The fraction of sp³-hybridized carbons (Fsp3) is 0. The summed E-state index contributed by atoms with van der Waals surface area (Å²) in [6.45, 7) is 0. The van der Waals surface area contributed by atoms with Gasteiger partial charge in [0.2, 0.25) is 0 Å². The molecule has 0 aliphatic rings. The van der Waals surface area contributed by atoms with Crippen LogP contribution in [0.2, 0.25) is 0 Å². The molecule has 0 atom stereocenters. The maximum atomic E-state index is 11.0. The molecule has 3 aromatic rings. The van der Waals surface area contributed by atoms with Crippen molar-refractivity contribution in [1.29, 1.82) is 0 Å². The summed E-state index contributed by atoms with van der Waals surface area (Å²) in [5.41, 5.74) is 1.20. The van der Waals surface area contributed by atoms with E-state index >= 15 is 0 Å². The van der Waals surface area contributed by atoms with Crippen molar-refractivity contribution in [2.75, 3.05) is 0 Å². The summed E-state index contributed by atoms with van der Waals surface area (Å²) in [5.74, 6) is -0.901. The minimum atomic E-state index is -0.901. The summed E-state index contributed by atoms with van der Waals surface area (Å²) >= 11 is 0. The molecule has 1 heterocycles. The highest BCUT2D eigenvalue weighted by molar-refractivity contribution is 6.12. The van der Waals surface area contributed by atoms with Crippen LogP contribution in [0.25, 0.3) is 21.7 Å². The van der Waals surface area contributed by atoms with Crippen LogP contribution in [0, 0.1) is 0 Å². The van der Waals surface area contributed by atoms with Gasteiger partial charge in [-0.25, -0.2) is 4.79 Å². The molecule has 3 nitrogen and oxygen atoms in total. The monoisotopic (exact) mass is 211 g/mol. The molecule has 3 heteroatoms. The standard InChI is InChI=1S/C13H9NO2/c15-13(16)11-7-14-12-9-4-2-1-3-8(9)5-6-10(11)12/h1-7,14H,(H,15,16). The second kappa shape index (κ2) is 3.10. The number of rotatable bonds is 1. The molecule has 0 saturated carbocycles. The number of aromatic carboxylic acids is 1. The molecule has 1 aromatic heterocycles. The predicted octanol–water partition coefficient (Wildman–Crippen LogP) is 3.02. The van der Waals surface area contributed by atoms with Crippen LogP contribution < -0.4 is 0 Å². The van der Waals surface area contributed by atoms with Gasteiger partial charge in [-0.3, -0.25) is 0 Å². The number of hydrogen-bond acceptors (Lipinski definition) is 1. The first-order valence-electron chi connectivity index (χ1n) is 4.99. The van der Waals surface area contributed by atoms with Crippen molar-refractivity contribution in [3.05, 3.63) is 48.2 Å². The van der Waals surface area contributed by atoms with Crippen LogP contribution in [-0.2, 0) is 0 Å². The topological polar surface area (TPSA) is 53.1 Å². The number of nitrogens with one attached hydrogen (secondary N) is 1. The van der Waals surface area contributed by atoms with E-state index in [0.29, 0.717) is 5.56 Å². The molecule has 78 valence electrons. The maximum absolute atomic E-state index is 11.0. The number of benzene rings is 2. The van der Waals surface area contributed by atoms with Crippen molar-refractivity contribution in [3.8, 4) is 0 Å². The van der Waals surface area contributed by atoms with Crippen molar-refractivity contribution >= 4 is 27.6 Å². The van der Waals surface area contributed by atoms with E-state index < -0.39 is 5.97 Å². The molecule has 0 radical (unpaired) electrons. The number of H-pyrrole nitrogens is 1. The lowest BCUT2D eigenvalue weighted by Crippen LogP contribution is -1.93. The normalized spacial score (nSPS) is 11.0. The van der Waals surface area contributed by atoms with Gasteiger partial charge in [0, 0.05) is 17.0 Å². The maximum Gasteiger partial charge on any atom is 0.337 e. The molecule has 2 aromatic carbocycles. The Morgan fingerprint density at radius 3 is 2.69 bits per heavy atom. The quantitative estimate of drug-likeness (QED) is 0.650. The van der Waals surface area contributed by atoms with Crippen molar-refractivity contribution in [1.82, 2.24) is 4.98 Å². The highest BCUT2D eigenvalue weighted by Gasteiger charge is 2.11. The highest BCUT2D eigenvalue weighted by Crippen LogP contribution is 2.26. The van der Waals surface area contributed by atoms with E-state index in [1.165, 1.54) is 0 Å². The minimum Gasteiger partial charge on any atom is -0.478 e. The lowest BCUT2D eigenvalue weighted by atomic mass is 10.1. The zero-order chi connectivity index (χ0) is 11.1. The number of aromatic nitrogens is 1. The van der Waals surface area contributed by atoms with Crippen molar-refractivity contribution < 1.29 is 9.90 Å². The first-order valence-corrected chi connectivity index (χ1v) is 4.99. The van der Waals surface area contributed by atoms with Crippen LogP contribution in [0.1, 0.15) is 10.4 Å². The van der Waals surface area contributed by atoms with E-state index in [4.69, 9.17) is 5.11 Å². The van der Waals surface area contributed by atoms with E-state index in [9.17, 15) is 4.79 Å². The van der Waals surface area contributed by atoms with E-state index in [0.717, 1.165) is 21.7 Å². The van der Waals surface area contributed by atoms with Crippen LogP contribution >= 0.6 is 0 Å². The van der Waals surface area contributed by atoms with Gasteiger partial charge in [-0.1, -0.05) is 36.4 Å². The second-order valence-electron chi connectivity index (χ2n) is 3.72. The molecular formula is C13H9NO2. The van der Waals surface area contributed by atoms with Crippen LogP contribution in [-0.4, -0.2) is 16.1 Å². The first kappa shape index (κ1) is 8.97. The van der Waals surface area contributed by atoms with E-state index in [2.05, 4.69) is 4.98 Å².